The number of para-hydroxylation sites is 1. The standard InChI is InChI=1S/C48H58FN9O3/c1-29-9-11-40(44(59)52-29)57-24-37-35(45(57)60)10-12-39-43(37)61-25-33-23-54(17-18-56(33)39)22-31-13-15-48(16-14-31)27-55(28-48)46-50-20-32(21-51-46)42-41-36(34-7-5-6-8-38(34)53-41)19-30(2)58(42)26-47(3,4)49/h5-8,10,12,20-21,30-31,33,40,42,53H,1,9,11,13-19,22-28H2,2-4H3,(H,52,59)/t30-,33-,40?,42-/m1/s1. The number of hydrogen-bond donors (Lipinski definition) is 2. The molecule has 1 unspecified atom stereocenters. The summed E-state index contributed by atoms with van der Waals surface area (Å²) in [6.07, 6.45) is 11.1. The van der Waals surface area contributed by atoms with Crippen LogP contribution in [0.2, 0.25) is 0 Å². The molecule has 13 heteroatoms. The van der Waals surface area contributed by atoms with Crippen LogP contribution in [0.25, 0.3) is 10.9 Å². The Morgan fingerprint density at radius 3 is 2.56 bits per heavy atom. The third kappa shape index (κ3) is 6.77. The monoisotopic (exact) mass is 827 g/mol. The van der Waals surface area contributed by atoms with Gasteiger partial charge in [-0.05, 0) is 95.4 Å². The molecule has 4 aromatic rings. The Kier molecular flexibility index (Phi) is 9.27. The predicted octanol–water partition coefficient (Wildman–Crippen LogP) is 6.37. The lowest BCUT2D eigenvalue weighted by Crippen LogP contribution is -2.59. The molecular formula is C48H58FN9O3. The normalized spacial score (nSPS) is 26.8. The Labute approximate surface area is 357 Å². The summed E-state index contributed by atoms with van der Waals surface area (Å²) in [5.41, 5.74) is 6.94. The highest BCUT2D eigenvalue weighted by Crippen LogP contribution is 2.48. The van der Waals surface area contributed by atoms with Gasteiger partial charge in [0, 0.05) is 109 Å². The third-order valence-electron chi connectivity index (χ3n) is 15.1. The Morgan fingerprint density at radius 1 is 1.00 bits per heavy atom. The van der Waals surface area contributed by atoms with E-state index in [0.29, 0.717) is 55.1 Å². The molecular weight excluding hydrogens is 770 g/mol. The molecule has 1 spiro atoms. The number of allylic oxidation sites excluding steroid dienone is 1. The molecule has 0 bridgehead atoms. The van der Waals surface area contributed by atoms with Crippen LogP contribution in [-0.2, 0) is 17.8 Å². The van der Waals surface area contributed by atoms with E-state index in [1.54, 1.807) is 18.7 Å². The maximum absolute atomic E-state index is 15.3. The summed E-state index contributed by atoms with van der Waals surface area (Å²) in [7, 11) is 0. The van der Waals surface area contributed by atoms with Crippen molar-refractivity contribution in [3.63, 3.8) is 0 Å². The number of hydrogen-bond acceptors (Lipinski definition) is 9. The molecule has 7 aliphatic rings. The van der Waals surface area contributed by atoms with Crippen molar-refractivity contribution in [2.75, 3.05) is 62.2 Å². The van der Waals surface area contributed by atoms with Gasteiger partial charge < -0.3 is 29.7 Å². The molecule has 8 heterocycles. The van der Waals surface area contributed by atoms with Gasteiger partial charge in [0.2, 0.25) is 11.9 Å². The molecule has 6 aliphatic heterocycles. The van der Waals surface area contributed by atoms with Crippen LogP contribution in [0.15, 0.2) is 61.1 Å². The summed E-state index contributed by atoms with van der Waals surface area (Å²) >= 11 is 0. The quantitative estimate of drug-likeness (QED) is 0.220. The fourth-order valence-electron chi connectivity index (χ4n) is 12.0. The number of fused-ring (bicyclic) bond motifs is 8. The number of rotatable bonds is 7. The molecule has 12 nitrogen and oxygen atoms in total. The topological polar surface area (TPSA) is 113 Å². The molecule has 2 aromatic carbocycles. The summed E-state index contributed by atoms with van der Waals surface area (Å²) in [6, 6.07) is 12.3. The number of aromatic nitrogens is 3. The lowest BCUT2D eigenvalue weighted by molar-refractivity contribution is -0.126. The Bertz CT molecular complexity index is 2390. The zero-order valence-electron chi connectivity index (χ0n) is 35.8. The Morgan fingerprint density at radius 2 is 1.79 bits per heavy atom. The van der Waals surface area contributed by atoms with Crippen LogP contribution >= 0.6 is 0 Å². The van der Waals surface area contributed by atoms with E-state index < -0.39 is 11.7 Å². The van der Waals surface area contributed by atoms with Crippen LogP contribution < -0.4 is 19.9 Å². The highest BCUT2D eigenvalue weighted by molar-refractivity contribution is 6.03. The lowest BCUT2D eigenvalue weighted by atomic mass is 9.66. The van der Waals surface area contributed by atoms with Crippen LogP contribution in [-0.4, -0.2) is 118 Å². The van der Waals surface area contributed by atoms with Gasteiger partial charge >= 0.3 is 0 Å². The summed E-state index contributed by atoms with van der Waals surface area (Å²) in [5.74, 6) is 2.07. The molecule has 2 N–H and O–H groups in total. The number of anilines is 2. The minimum atomic E-state index is -1.34. The minimum Gasteiger partial charge on any atom is -0.489 e. The van der Waals surface area contributed by atoms with Crippen molar-refractivity contribution < 1.29 is 18.7 Å². The maximum Gasteiger partial charge on any atom is 0.255 e. The first-order valence-electron chi connectivity index (χ1n) is 22.6. The number of benzene rings is 2. The number of nitrogens with zero attached hydrogens (tertiary/aromatic N) is 7. The fraction of sp³-hybridized carbons (Fsp3) is 0.542. The number of H-pyrrole nitrogens is 1. The van der Waals surface area contributed by atoms with Gasteiger partial charge in [-0.15, -0.1) is 0 Å². The largest absolute Gasteiger partial charge is 0.489 e. The van der Waals surface area contributed by atoms with Crippen molar-refractivity contribution in [3.05, 3.63) is 89.0 Å². The number of amides is 2. The molecule has 1 saturated carbocycles. The predicted molar refractivity (Wildman–Crippen MR) is 234 cm³/mol. The molecule has 320 valence electrons. The van der Waals surface area contributed by atoms with Crippen LogP contribution in [0.3, 0.4) is 0 Å². The summed E-state index contributed by atoms with van der Waals surface area (Å²) in [6.45, 7) is 16.8. The average Bonchev–Trinajstić information content (AvgIpc) is 3.77. The van der Waals surface area contributed by atoms with E-state index in [1.165, 1.54) is 36.6 Å². The minimum absolute atomic E-state index is 0.0882. The van der Waals surface area contributed by atoms with Crippen LogP contribution in [0.5, 0.6) is 5.75 Å². The second-order valence-electron chi connectivity index (χ2n) is 20.0. The number of aromatic amines is 1. The van der Waals surface area contributed by atoms with Crippen molar-refractivity contribution in [1.82, 2.24) is 35.0 Å². The van der Waals surface area contributed by atoms with Crippen molar-refractivity contribution >= 4 is 34.4 Å². The molecule has 11 rings (SSSR count). The summed E-state index contributed by atoms with van der Waals surface area (Å²) in [5, 5.41) is 4.08. The molecule has 2 amide bonds. The first-order valence-corrected chi connectivity index (χ1v) is 22.6. The zero-order valence-corrected chi connectivity index (χ0v) is 35.8. The van der Waals surface area contributed by atoms with E-state index in [-0.39, 0.29) is 29.9 Å². The van der Waals surface area contributed by atoms with Gasteiger partial charge in [0.05, 0.1) is 24.3 Å². The van der Waals surface area contributed by atoms with Gasteiger partial charge in [0.1, 0.15) is 24.1 Å². The van der Waals surface area contributed by atoms with E-state index >= 15 is 4.39 Å². The Balaban J connectivity index is 0.694. The number of carbonyl (C=O) groups is 2. The lowest BCUT2D eigenvalue weighted by Gasteiger charge is -2.54. The van der Waals surface area contributed by atoms with Gasteiger partial charge in [-0.1, -0.05) is 24.8 Å². The number of nitrogens with one attached hydrogen (secondary N) is 2. The maximum atomic E-state index is 15.3. The first-order chi connectivity index (χ1) is 29.4. The van der Waals surface area contributed by atoms with Crippen molar-refractivity contribution in [3.8, 4) is 5.75 Å². The van der Waals surface area contributed by atoms with E-state index in [2.05, 4.69) is 73.7 Å². The van der Waals surface area contributed by atoms with E-state index in [0.717, 1.165) is 85.4 Å². The first kappa shape index (κ1) is 38.9. The molecule has 0 radical (unpaired) electrons. The third-order valence-corrected chi connectivity index (χ3v) is 15.1. The zero-order chi connectivity index (χ0) is 41.8. The van der Waals surface area contributed by atoms with E-state index in [4.69, 9.17) is 14.7 Å². The highest BCUT2D eigenvalue weighted by Gasteiger charge is 2.48. The molecule has 1 aliphatic carbocycles. The van der Waals surface area contributed by atoms with Crippen LogP contribution in [0, 0.1) is 11.3 Å². The number of piperazine rings is 1. The summed E-state index contributed by atoms with van der Waals surface area (Å²) < 4.78 is 21.7. The highest BCUT2D eigenvalue weighted by atomic mass is 19.1. The molecule has 4 fully saturated rings. The van der Waals surface area contributed by atoms with Crippen LogP contribution in [0.4, 0.5) is 16.0 Å². The smallest absolute Gasteiger partial charge is 0.255 e. The number of alkyl halides is 1. The van der Waals surface area contributed by atoms with Crippen molar-refractivity contribution in [1.29, 1.82) is 0 Å². The van der Waals surface area contributed by atoms with Crippen LogP contribution in [0.1, 0.15) is 98.1 Å². The second-order valence-corrected chi connectivity index (χ2v) is 20.0. The van der Waals surface area contributed by atoms with Crippen molar-refractivity contribution in [2.45, 2.75) is 102 Å². The molecule has 61 heavy (non-hydrogen) atoms. The van der Waals surface area contributed by atoms with Gasteiger partial charge in [-0.25, -0.2) is 14.4 Å². The Hall–Kier alpha value is -5.01. The summed E-state index contributed by atoms with van der Waals surface area (Å²) in [4.78, 5) is 51.3. The molecule has 3 saturated heterocycles. The second kappa shape index (κ2) is 14.5. The van der Waals surface area contributed by atoms with Gasteiger partial charge in [0.25, 0.3) is 5.91 Å². The number of piperidine rings is 1. The van der Waals surface area contributed by atoms with Gasteiger partial charge in [-0.2, -0.15) is 0 Å². The number of ether oxygens (including phenoxy) is 1. The van der Waals surface area contributed by atoms with E-state index in [9.17, 15) is 9.59 Å². The molecule has 2 aromatic heterocycles. The SMILES string of the molecule is C=C1CCC(N2Cc3c(ccc4c3OC[C@H]3CN(CC5CCC6(CC5)CN(c5ncc([C@@H]7c8[nH]c9ccccc9c8C[C@@H](C)N7CC(C)(C)F)cn5)C6)CCN43)C2=O)C(=O)N1. The molecule has 4 atom stereocenters. The van der Waals surface area contributed by atoms with Gasteiger partial charge in [-0.3, -0.25) is 19.4 Å². The van der Waals surface area contributed by atoms with E-state index in [1.807, 2.05) is 18.5 Å². The van der Waals surface area contributed by atoms with Crippen molar-refractivity contribution in [2.24, 2.45) is 11.3 Å². The fourth-order valence-corrected chi connectivity index (χ4v) is 12.0. The number of carbonyl (C=O) groups excluding carboxylic acids is 2. The van der Waals surface area contributed by atoms with Gasteiger partial charge in [0.15, 0.2) is 0 Å². The number of halogens is 1. The average molecular weight is 828 g/mol.